The Balaban J connectivity index is 1.64. The summed E-state index contributed by atoms with van der Waals surface area (Å²) in [6.45, 7) is 2.21. The number of aromatic nitrogens is 4. The predicted octanol–water partition coefficient (Wildman–Crippen LogP) is 1.21. The van der Waals surface area contributed by atoms with Crippen LogP contribution in [0.15, 0.2) is 12.4 Å². The minimum Gasteiger partial charge on any atom is -0.477 e. The minimum absolute atomic E-state index is 0.240. The predicted molar refractivity (Wildman–Crippen MR) is 91.4 cm³/mol. The first-order chi connectivity index (χ1) is 12.3. The molecule has 0 saturated carbocycles. The monoisotopic (exact) mass is 340 g/mol. The van der Waals surface area contributed by atoms with Crippen LogP contribution in [0.1, 0.15) is 24.8 Å². The molecule has 2 aromatic rings. The molecule has 2 saturated heterocycles. The summed E-state index contributed by atoms with van der Waals surface area (Å²) in [4.78, 5) is 20.1. The largest absolute Gasteiger partial charge is 0.477 e. The lowest BCUT2D eigenvalue weighted by Crippen LogP contribution is -2.47. The van der Waals surface area contributed by atoms with Crippen LogP contribution >= 0.6 is 0 Å². The Morgan fingerprint density at radius 3 is 2.60 bits per heavy atom. The van der Waals surface area contributed by atoms with Gasteiger partial charge in [-0.1, -0.05) is 0 Å². The molecule has 8 heteroatoms. The second-order valence-corrected chi connectivity index (χ2v) is 6.77. The first kappa shape index (κ1) is 14.8. The standard InChI is InChI=1S/C17H20N6O2/c18-17-19-6-10(7-20-17)14-21-15(13-2-1-5-25-16(13)22-14)23-11-3-4-12(23)9-24-8-11/h6-7,11-12H,1-5,8-9H2,(H2,18,19,20)/t11-,12+. The van der Waals surface area contributed by atoms with E-state index in [9.17, 15) is 0 Å². The van der Waals surface area contributed by atoms with Crippen molar-refractivity contribution in [3.05, 3.63) is 18.0 Å². The number of anilines is 2. The van der Waals surface area contributed by atoms with Crippen LogP contribution in [0.2, 0.25) is 0 Å². The van der Waals surface area contributed by atoms with Gasteiger partial charge in [0.05, 0.1) is 43.0 Å². The fourth-order valence-corrected chi connectivity index (χ4v) is 3.98. The number of nitrogens with zero attached hydrogens (tertiary/aromatic N) is 5. The number of hydrogen-bond donors (Lipinski definition) is 1. The third kappa shape index (κ3) is 2.48. The first-order valence-electron chi connectivity index (χ1n) is 8.77. The Morgan fingerprint density at radius 1 is 1.08 bits per heavy atom. The highest BCUT2D eigenvalue weighted by Crippen LogP contribution is 2.39. The van der Waals surface area contributed by atoms with Gasteiger partial charge < -0.3 is 20.1 Å². The molecule has 2 bridgehead atoms. The fraction of sp³-hybridized carbons (Fsp3) is 0.529. The Labute approximate surface area is 145 Å². The molecule has 3 aliphatic heterocycles. The quantitative estimate of drug-likeness (QED) is 0.871. The molecule has 25 heavy (non-hydrogen) atoms. The highest BCUT2D eigenvalue weighted by molar-refractivity contribution is 5.63. The SMILES string of the molecule is Nc1ncc(-c2nc3c(c(N4[C@@H]5CC[C@H]4COC5)n2)CCCO3)cn1. The van der Waals surface area contributed by atoms with E-state index >= 15 is 0 Å². The summed E-state index contributed by atoms with van der Waals surface area (Å²) in [6, 6.07) is 0.769. The van der Waals surface area contributed by atoms with Gasteiger partial charge in [0.2, 0.25) is 11.8 Å². The average molecular weight is 340 g/mol. The number of ether oxygens (including phenoxy) is 2. The second kappa shape index (κ2) is 5.80. The fourth-order valence-electron chi connectivity index (χ4n) is 3.98. The molecule has 0 amide bonds. The van der Waals surface area contributed by atoms with E-state index in [1.807, 2.05) is 0 Å². The molecule has 0 unspecified atom stereocenters. The smallest absolute Gasteiger partial charge is 0.222 e. The van der Waals surface area contributed by atoms with Crippen LogP contribution in [-0.4, -0.2) is 51.8 Å². The van der Waals surface area contributed by atoms with E-state index in [-0.39, 0.29) is 5.95 Å². The lowest BCUT2D eigenvalue weighted by Gasteiger charge is -2.37. The summed E-state index contributed by atoms with van der Waals surface area (Å²) in [5.41, 5.74) is 7.46. The summed E-state index contributed by atoms with van der Waals surface area (Å²) in [6.07, 6.45) is 7.54. The maximum Gasteiger partial charge on any atom is 0.222 e. The highest BCUT2D eigenvalue weighted by atomic mass is 16.5. The number of nitrogen functional groups attached to an aromatic ring is 1. The van der Waals surface area contributed by atoms with Gasteiger partial charge in [0.25, 0.3) is 0 Å². The summed E-state index contributed by atoms with van der Waals surface area (Å²) >= 11 is 0. The van der Waals surface area contributed by atoms with Crippen LogP contribution in [-0.2, 0) is 11.2 Å². The van der Waals surface area contributed by atoms with Crippen molar-refractivity contribution in [1.29, 1.82) is 0 Å². The molecule has 2 N–H and O–H groups in total. The maximum absolute atomic E-state index is 5.86. The third-order valence-electron chi connectivity index (χ3n) is 5.17. The number of fused-ring (bicyclic) bond motifs is 3. The van der Waals surface area contributed by atoms with Crippen LogP contribution in [0.5, 0.6) is 5.88 Å². The zero-order chi connectivity index (χ0) is 16.8. The Bertz CT molecular complexity index is 780. The van der Waals surface area contributed by atoms with E-state index in [0.717, 1.165) is 55.8 Å². The molecule has 3 aliphatic rings. The molecule has 2 atom stereocenters. The molecule has 2 fully saturated rings. The summed E-state index contributed by atoms with van der Waals surface area (Å²) in [5.74, 6) is 2.51. The first-order valence-corrected chi connectivity index (χ1v) is 8.77. The number of rotatable bonds is 2. The Hall–Kier alpha value is -2.48. The van der Waals surface area contributed by atoms with Crippen LogP contribution < -0.4 is 15.4 Å². The van der Waals surface area contributed by atoms with Gasteiger partial charge in [-0.3, -0.25) is 0 Å². The van der Waals surface area contributed by atoms with E-state index < -0.39 is 0 Å². The molecule has 0 aliphatic carbocycles. The average Bonchev–Trinajstić information content (AvgIpc) is 2.89. The van der Waals surface area contributed by atoms with E-state index in [4.69, 9.17) is 20.2 Å². The maximum atomic E-state index is 5.86. The van der Waals surface area contributed by atoms with Crippen LogP contribution in [0.4, 0.5) is 11.8 Å². The van der Waals surface area contributed by atoms with Crippen LogP contribution in [0, 0.1) is 0 Å². The van der Waals surface area contributed by atoms with Gasteiger partial charge in [-0.2, -0.15) is 4.98 Å². The molecular weight excluding hydrogens is 320 g/mol. The summed E-state index contributed by atoms with van der Waals surface area (Å²) in [7, 11) is 0. The van der Waals surface area contributed by atoms with Gasteiger partial charge in [-0.05, 0) is 25.7 Å². The third-order valence-corrected chi connectivity index (χ3v) is 5.17. The molecular formula is C17H20N6O2. The molecule has 0 radical (unpaired) electrons. The second-order valence-electron chi connectivity index (χ2n) is 6.77. The van der Waals surface area contributed by atoms with E-state index in [1.165, 1.54) is 0 Å². The molecule has 2 aromatic heterocycles. The van der Waals surface area contributed by atoms with Gasteiger partial charge in [0.15, 0.2) is 5.82 Å². The minimum atomic E-state index is 0.240. The summed E-state index contributed by atoms with van der Waals surface area (Å²) in [5, 5.41) is 0. The van der Waals surface area contributed by atoms with Crippen molar-refractivity contribution in [2.75, 3.05) is 30.5 Å². The molecule has 5 heterocycles. The summed E-state index contributed by atoms with van der Waals surface area (Å²) < 4.78 is 11.6. The molecule has 5 rings (SSSR count). The van der Waals surface area contributed by atoms with E-state index in [1.54, 1.807) is 12.4 Å². The van der Waals surface area contributed by atoms with Gasteiger partial charge >= 0.3 is 0 Å². The van der Waals surface area contributed by atoms with Gasteiger partial charge in [-0.15, -0.1) is 0 Å². The number of hydrogen-bond acceptors (Lipinski definition) is 8. The molecule has 0 spiro atoms. The number of nitrogens with two attached hydrogens (primary N) is 1. The van der Waals surface area contributed by atoms with Crippen molar-refractivity contribution in [2.24, 2.45) is 0 Å². The highest BCUT2D eigenvalue weighted by Gasteiger charge is 2.40. The lowest BCUT2D eigenvalue weighted by atomic mass is 10.1. The molecule has 8 nitrogen and oxygen atoms in total. The van der Waals surface area contributed by atoms with Crippen molar-refractivity contribution < 1.29 is 9.47 Å². The zero-order valence-corrected chi connectivity index (χ0v) is 13.9. The van der Waals surface area contributed by atoms with Crippen molar-refractivity contribution in [2.45, 2.75) is 37.8 Å². The number of morpholine rings is 1. The van der Waals surface area contributed by atoms with Crippen LogP contribution in [0.25, 0.3) is 11.4 Å². The Kier molecular flexibility index (Phi) is 3.44. The topological polar surface area (TPSA) is 99.3 Å². The van der Waals surface area contributed by atoms with Crippen molar-refractivity contribution in [1.82, 2.24) is 19.9 Å². The van der Waals surface area contributed by atoms with Crippen molar-refractivity contribution >= 4 is 11.8 Å². The Morgan fingerprint density at radius 2 is 1.84 bits per heavy atom. The zero-order valence-electron chi connectivity index (χ0n) is 13.9. The van der Waals surface area contributed by atoms with Gasteiger partial charge in [0, 0.05) is 12.4 Å². The van der Waals surface area contributed by atoms with Gasteiger partial charge in [-0.25, -0.2) is 15.0 Å². The van der Waals surface area contributed by atoms with E-state index in [2.05, 4.69) is 19.9 Å². The van der Waals surface area contributed by atoms with E-state index in [0.29, 0.717) is 30.4 Å². The normalized spacial score (nSPS) is 24.7. The van der Waals surface area contributed by atoms with Crippen molar-refractivity contribution in [3.8, 4) is 17.3 Å². The van der Waals surface area contributed by atoms with Crippen LogP contribution in [0.3, 0.4) is 0 Å². The molecule has 0 aromatic carbocycles. The lowest BCUT2D eigenvalue weighted by molar-refractivity contribution is 0.0900. The molecule has 130 valence electrons. The van der Waals surface area contributed by atoms with Crippen molar-refractivity contribution in [3.63, 3.8) is 0 Å². The van der Waals surface area contributed by atoms with Gasteiger partial charge in [0.1, 0.15) is 5.82 Å².